The number of anilines is 1. The van der Waals surface area contributed by atoms with Crippen LogP contribution in [0.1, 0.15) is 39.7 Å². The maximum Gasteiger partial charge on any atom is 0.264 e. The van der Waals surface area contributed by atoms with Crippen molar-refractivity contribution in [2.75, 3.05) is 24.6 Å². The lowest BCUT2D eigenvalue weighted by molar-refractivity contribution is -0.139. The Kier molecular flexibility index (Phi) is 11.2. The van der Waals surface area contributed by atoms with Gasteiger partial charge in [-0.05, 0) is 81.3 Å². The number of benzene rings is 3. The summed E-state index contributed by atoms with van der Waals surface area (Å²) in [7, 11) is -2.59. The van der Waals surface area contributed by atoms with Gasteiger partial charge in [-0.3, -0.25) is 13.9 Å². The number of nitrogens with one attached hydrogen (secondary N) is 1. The van der Waals surface area contributed by atoms with E-state index in [1.165, 1.54) is 17.0 Å². The smallest absolute Gasteiger partial charge is 0.264 e. The second-order valence-corrected chi connectivity index (χ2v) is 11.5. The molecule has 0 aliphatic carbocycles. The second-order valence-electron chi connectivity index (χ2n) is 9.62. The van der Waals surface area contributed by atoms with Crippen molar-refractivity contribution in [3.05, 3.63) is 84.4 Å². The fourth-order valence-corrected chi connectivity index (χ4v) is 5.57. The Hall–Kier alpha value is -4.05. The Balaban J connectivity index is 2.02. The fourth-order valence-electron chi connectivity index (χ4n) is 4.14. The minimum Gasteiger partial charge on any atom is -0.497 e. The Labute approximate surface area is 243 Å². The monoisotopic (exact) mass is 581 g/mol. The van der Waals surface area contributed by atoms with E-state index in [1.807, 2.05) is 26.8 Å². The molecule has 0 radical (unpaired) electrons. The van der Waals surface area contributed by atoms with Crippen molar-refractivity contribution >= 4 is 27.5 Å². The van der Waals surface area contributed by atoms with E-state index in [-0.39, 0.29) is 23.4 Å². The van der Waals surface area contributed by atoms with Crippen molar-refractivity contribution < 1.29 is 27.5 Å². The summed E-state index contributed by atoms with van der Waals surface area (Å²) in [6, 6.07) is 20.7. The van der Waals surface area contributed by atoms with Crippen LogP contribution in [0.25, 0.3) is 0 Å². The highest BCUT2D eigenvalue weighted by atomic mass is 32.2. The van der Waals surface area contributed by atoms with E-state index in [2.05, 4.69) is 5.32 Å². The van der Waals surface area contributed by atoms with E-state index in [4.69, 9.17) is 9.47 Å². The Bertz CT molecular complexity index is 1400. The van der Waals surface area contributed by atoms with Crippen LogP contribution in [0.4, 0.5) is 5.69 Å². The third-order valence-corrected chi connectivity index (χ3v) is 8.49. The number of methoxy groups -OCH3 is 1. The second kappa shape index (κ2) is 14.5. The highest BCUT2D eigenvalue weighted by Gasteiger charge is 2.32. The molecular weight excluding hydrogens is 542 g/mol. The van der Waals surface area contributed by atoms with Gasteiger partial charge in [-0.1, -0.05) is 37.3 Å². The minimum absolute atomic E-state index is 0.0450. The average Bonchev–Trinajstić information content (AvgIpc) is 2.99. The molecule has 0 spiro atoms. The lowest BCUT2D eigenvalue weighted by Gasteiger charge is -2.32. The Morgan fingerprint density at radius 1 is 0.902 bits per heavy atom. The van der Waals surface area contributed by atoms with Gasteiger partial charge in [0.05, 0.1) is 24.3 Å². The molecular formula is C31H39N3O6S. The van der Waals surface area contributed by atoms with E-state index in [1.54, 1.807) is 74.7 Å². The summed E-state index contributed by atoms with van der Waals surface area (Å²) in [6.45, 7) is 7.36. The van der Waals surface area contributed by atoms with Gasteiger partial charge in [0, 0.05) is 12.6 Å². The lowest BCUT2D eigenvalue weighted by atomic mass is 10.1. The highest BCUT2D eigenvalue weighted by molar-refractivity contribution is 7.92. The predicted octanol–water partition coefficient (Wildman–Crippen LogP) is 4.62. The van der Waals surface area contributed by atoms with Crippen LogP contribution in [-0.4, -0.2) is 57.5 Å². The minimum atomic E-state index is -4.14. The number of ether oxygens (including phenoxy) is 2. The Morgan fingerprint density at radius 3 is 2.20 bits per heavy atom. The van der Waals surface area contributed by atoms with Gasteiger partial charge in [0.1, 0.15) is 24.1 Å². The summed E-state index contributed by atoms with van der Waals surface area (Å²) >= 11 is 0. The highest BCUT2D eigenvalue weighted by Crippen LogP contribution is 2.27. The van der Waals surface area contributed by atoms with Crippen molar-refractivity contribution in [3.8, 4) is 11.5 Å². The van der Waals surface area contributed by atoms with Crippen molar-refractivity contribution in [2.45, 2.75) is 57.6 Å². The van der Waals surface area contributed by atoms with Gasteiger partial charge in [0.2, 0.25) is 11.8 Å². The molecule has 3 rings (SSSR count). The van der Waals surface area contributed by atoms with Crippen molar-refractivity contribution in [1.82, 2.24) is 10.2 Å². The molecule has 2 atom stereocenters. The molecule has 41 heavy (non-hydrogen) atoms. The van der Waals surface area contributed by atoms with Gasteiger partial charge in [-0.15, -0.1) is 0 Å². The molecule has 0 aliphatic rings. The molecule has 0 aliphatic heterocycles. The number of hydrogen-bond donors (Lipinski definition) is 1. The molecule has 0 bridgehead atoms. The van der Waals surface area contributed by atoms with Gasteiger partial charge in [0.25, 0.3) is 10.0 Å². The van der Waals surface area contributed by atoms with Crippen LogP contribution < -0.4 is 19.1 Å². The topological polar surface area (TPSA) is 105 Å². The number of carbonyl (C=O) groups is 2. The maximum atomic E-state index is 14.0. The first-order chi connectivity index (χ1) is 19.6. The molecule has 10 heteroatoms. The molecule has 3 aromatic carbocycles. The summed E-state index contributed by atoms with van der Waals surface area (Å²) in [5, 5.41) is 2.93. The SMILES string of the molecule is CCOc1ccc(N(CC(=O)N(Cc2cccc(OC)c2)[C@H](C)C(=O)N[C@H](C)CC)S(=O)(=O)c2ccccc2)cc1. The Morgan fingerprint density at radius 2 is 1.59 bits per heavy atom. The number of rotatable bonds is 14. The van der Waals surface area contributed by atoms with E-state index < -0.39 is 28.5 Å². The van der Waals surface area contributed by atoms with Crippen LogP contribution in [0.3, 0.4) is 0 Å². The zero-order valence-electron chi connectivity index (χ0n) is 24.2. The average molecular weight is 582 g/mol. The number of nitrogens with zero attached hydrogens (tertiary/aromatic N) is 2. The molecule has 3 aromatic rings. The van der Waals surface area contributed by atoms with Crippen LogP contribution in [0, 0.1) is 0 Å². The zero-order chi connectivity index (χ0) is 30.0. The van der Waals surface area contributed by atoms with E-state index in [9.17, 15) is 18.0 Å². The molecule has 1 N–H and O–H groups in total. The van der Waals surface area contributed by atoms with Crippen LogP contribution in [0.2, 0.25) is 0 Å². The molecule has 0 unspecified atom stereocenters. The summed E-state index contributed by atoms with van der Waals surface area (Å²) in [5.74, 6) is 0.325. The maximum absolute atomic E-state index is 14.0. The number of carbonyl (C=O) groups excluding carboxylic acids is 2. The lowest BCUT2D eigenvalue weighted by Crippen LogP contribution is -2.52. The third kappa shape index (κ3) is 8.23. The molecule has 0 saturated carbocycles. The molecule has 2 amide bonds. The molecule has 0 aromatic heterocycles. The molecule has 220 valence electrons. The van der Waals surface area contributed by atoms with Crippen LogP contribution in [-0.2, 0) is 26.2 Å². The summed E-state index contributed by atoms with van der Waals surface area (Å²) in [6.07, 6.45) is 0.725. The molecule has 9 nitrogen and oxygen atoms in total. The van der Waals surface area contributed by atoms with E-state index >= 15 is 0 Å². The molecule has 0 heterocycles. The molecule has 0 fully saturated rings. The number of sulfonamides is 1. The third-order valence-electron chi connectivity index (χ3n) is 6.70. The number of amides is 2. The van der Waals surface area contributed by atoms with Crippen LogP contribution >= 0.6 is 0 Å². The summed E-state index contributed by atoms with van der Waals surface area (Å²) in [4.78, 5) is 28.6. The quantitative estimate of drug-likeness (QED) is 0.298. The largest absolute Gasteiger partial charge is 0.497 e. The fraction of sp³-hybridized carbons (Fsp3) is 0.355. The van der Waals surface area contributed by atoms with E-state index in [0.717, 1.165) is 16.3 Å². The van der Waals surface area contributed by atoms with Crippen LogP contribution in [0.5, 0.6) is 11.5 Å². The first kappa shape index (κ1) is 31.5. The summed E-state index contributed by atoms with van der Waals surface area (Å²) in [5.41, 5.74) is 1.03. The van der Waals surface area contributed by atoms with Gasteiger partial charge in [0.15, 0.2) is 0 Å². The van der Waals surface area contributed by atoms with Crippen LogP contribution in [0.15, 0.2) is 83.8 Å². The normalized spacial score (nSPS) is 12.6. The van der Waals surface area contributed by atoms with Gasteiger partial charge < -0.3 is 19.7 Å². The summed E-state index contributed by atoms with van der Waals surface area (Å²) < 4.78 is 39.6. The predicted molar refractivity (Wildman–Crippen MR) is 159 cm³/mol. The van der Waals surface area contributed by atoms with Crippen molar-refractivity contribution in [1.29, 1.82) is 0 Å². The van der Waals surface area contributed by atoms with Gasteiger partial charge in [-0.25, -0.2) is 8.42 Å². The van der Waals surface area contributed by atoms with Crippen molar-refractivity contribution in [2.24, 2.45) is 0 Å². The first-order valence-corrected chi connectivity index (χ1v) is 15.1. The van der Waals surface area contributed by atoms with Crippen molar-refractivity contribution in [3.63, 3.8) is 0 Å². The number of hydrogen-bond acceptors (Lipinski definition) is 6. The molecule has 0 saturated heterocycles. The zero-order valence-corrected chi connectivity index (χ0v) is 25.1. The van der Waals surface area contributed by atoms with E-state index in [0.29, 0.717) is 23.8 Å². The van der Waals surface area contributed by atoms with Gasteiger partial charge in [-0.2, -0.15) is 0 Å². The standard InChI is InChI=1S/C31H39N3O6S/c1-6-23(3)32-31(36)24(4)33(21-25-12-11-13-28(20-25)39-5)30(35)22-34(26-16-18-27(19-17-26)40-7-2)41(37,38)29-14-9-8-10-15-29/h8-20,23-24H,6-7,21-22H2,1-5H3,(H,32,36)/t23-,24-/m1/s1. The van der Waals surface area contributed by atoms with Gasteiger partial charge >= 0.3 is 0 Å². The first-order valence-electron chi connectivity index (χ1n) is 13.6.